The van der Waals surface area contributed by atoms with Crippen molar-refractivity contribution in [1.29, 1.82) is 0 Å². The smallest absolute Gasteiger partial charge is 0.274 e. The fourth-order valence-corrected chi connectivity index (χ4v) is 5.12. The fraction of sp³-hybridized carbons (Fsp3) is 0.381. The van der Waals surface area contributed by atoms with Crippen LogP contribution in [0.1, 0.15) is 42.4 Å². The lowest BCUT2D eigenvalue weighted by Crippen LogP contribution is -2.55. The molecular weight excluding hydrogens is 442 g/mol. The van der Waals surface area contributed by atoms with Gasteiger partial charge < -0.3 is 15.8 Å². The van der Waals surface area contributed by atoms with Gasteiger partial charge in [0.05, 0.1) is 13.3 Å². The van der Waals surface area contributed by atoms with Crippen molar-refractivity contribution in [3.05, 3.63) is 53.1 Å². The zero-order valence-electron chi connectivity index (χ0n) is 18.3. The lowest BCUT2D eigenvalue weighted by atomic mass is 9.91. The van der Waals surface area contributed by atoms with Gasteiger partial charge in [-0.25, -0.2) is 13.8 Å². The van der Waals surface area contributed by atoms with Crippen molar-refractivity contribution in [2.75, 3.05) is 12.4 Å². The lowest BCUT2D eigenvalue weighted by molar-refractivity contribution is 0.102. The van der Waals surface area contributed by atoms with Crippen LogP contribution in [-0.2, 0) is 5.54 Å². The topological polar surface area (TPSA) is 130 Å². The molecule has 2 heterocycles. The van der Waals surface area contributed by atoms with E-state index in [0.29, 0.717) is 11.3 Å². The van der Waals surface area contributed by atoms with E-state index in [2.05, 4.69) is 15.3 Å². The Morgan fingerprint density at radius 2 is 1.94 bits per heavy atom. The van der Waals surface area contributed by atoms with Crippen molar-refractivity contribution in [1.82, 2.24) is 4.98 Å². The van der Waals surface area contributed by atoms with E-state index >= 15 is 4.39 Å². The first kappa shape index (κ1) is 23.9. The molecule has 0 bridgehead atoms. The molecule has 0 aliphatic carbocycles. The number of aromatic nitrogens is 1. The molecule has 32 heavy (non-hydrogen) atoms. The summed E-state index contributed by atoms with van der Waals surface area (Å²) in [5, 5.41) is 2.59. The minimum Gasteiger partial charge on any atom is -0.495 e. The van der Waals surface area contributed by atoms with Crippen LogP contribution in [0.3, 0.4) is 0 Å². The summed E-state index contributed by atoms with van der Waals surface area (Å²) < 4.78 is 54.9. The van der Waals surface area contributed by atoms with Gasteiger partial charge in [0.2, 0.25) is 5.50 Å². The minimum absolute atomic E-state index is 0.127. The van der Waals surface area contributed by atoms with Gasteiger partial charge in [0, 0.05) is 11.3 Å². The summed E-state index contributed by atoms with van der Waals surface area (Å²) in [4.78, 5) is 20.9. The monoisotopic (exact) mass is 468 g/mol. The Hall–Kier alpha value is -2.76. The van der Waals surface area contributed by atoms with E-state index in [1.807, 2.05) is 0 Å². The van der Waals surface area contributed by atoms with Crippen LogP contribution in [-0.4, -0.2) is 43.2 Å². The summed E-state index contributed by atoms with van der Waals surface area (Å²) in [5.74, 6) is -1.12. The van der Waals surface area contributed by atoms with Gasteiger partial charge in [0.25, 0.3) is 5.91 Å². The number of rotatable bonds is 4. The number of amidine groups is 1. The van der Waals surface area contributed by atoms with Crippen LogP contribution in [0, 0.1) is 12.7 Å². The fourth-order valence-electron chi connectivity index (χ4n) is 3.43. The van der Waals surface area contributed by atoms with Crippen molar-refractivity contribution < 1.29 is 27.4 Å². The number of carbonyl (C=O) groups excluding carboxylic acids is 1. The number of alkyl halides is 1. The number of benzene rings is 1. The maximum atomic E-state index is 15.4. The molecule has 1 aliphatic heterocycles. The minimum atomic E-state index is -3.95. The zero-order chi connectivity index (χ0) is 24.1. The molecule has 174 valence electrons. The van der Waals surface area contributed by atoms with E-state index < -0.39 is 38.1 Å². The molecule has 1 aromatic heterocycles. The summed E-state index contributed by atoms with van der Waals surface area (Å²) >= 11 is 0. The van der Waals surface area contributed by atoms with Crippen molar-refractivity contribution in [3.8, 4) is 5.75 Å². The highest BCUT2D eigenvalue weighted by atomic mass is 32.3. The molecule has 3 rings (SSSR count). The molecule has 8 nitrogen and oxygen atoms in total. The van der Waals surface area contributed by atoms with Crippen molar-refractivity contribution in [2.45, 2.75) is 43.5 Å². The maximum Gasteiger partial charge on any atom is 0.274 e. The SMILES string of the molecule is COc1cnc(C(=O)Nc2ccc(F)c([C@@]3(C)N=C(N)C(C)(C)S(O)(O)C3F)c2)c(C)c1. The molecular formula is C21H26F2N4O4S. The van der Waals surface area contributed by atoms with Crippen molar-refractivity contribution in [2.24, 2.45) is 10.7 Å². The summed E-state index contributed by atoms with van der Waals surface area (Å²) in [6.45, 7) is 5.64. The molecule has 0 radical (unpaired) electrons. The Morgan fingerprint density at radius 1 is 1.28 bits per heavy atom. The standard InChI is InChI=1S/C21H26F2N4O4S/c1-11-8-13(31-5)10-25-16(11)17(28)26-12-6-7-15(22)14(9-12)21(4)18(23)32(29,30)20(2,3)19(24)27-21/h6-10,18,29-30H,1-5H3,(H2,24,27)(H,26,28)/t18?,21-/m1/s1. The predicted octanol–water partition coefficient (Wildman–Crippen LogP) is 4.20. The molecule has 11 heteroatoms. The third-order valence-electron chi connectivity index (χ3n) is 5.72. The zero-order valence-corrected chi connectivity index (χ0v) is 19.1. The van der Waals surface area contributed by atoms with Gasteiger partial charge in [0.15, 0.2) is 0 Å². The van der Waals surface area contributed by atoms with Gasteiger partial charge in [-0.05, 0) is 57.5 Å². The quantitative estimate of drug-likeness (QED) is 0.532. The second-order valence-electron chi connectivity index (χ2n) is 8.25. The van der Waals surface area contributed by atoms with E-state index in [9.17, 15) is 18.3 Å². The van der Waals surface area contributed by atoms with Gasteiger partial charge in [0.1, 0.15) is 33.4 Å². The summed E-state index contributed by atoms with van der Waals surface area (Å²) in [7, 11) is -2.47. The Kier molecular flexibility index (Phi) is 5.96. The predicted molar refractivity (Wildman–Crippen MR) is 121 cm³/mol. The Morgan fingerprint density at radius 3 is 2.53 bits per heavy atom. The average molecular weight is 469 g/mol. The number of hydrogen-bond donors (Lipinski definition) is 4. The molecule has 2 aromatic rings. The summed E-state index contributed by atoms with van der Waals surface area (Å²) in [6.07, 6.45) is 1.39. The van der Waals surface area contributed by atoms with E-state index in [-0.39, 0.29) is 22.8 Å². The molecule has 0 saturated heterocycles. The Bertz CT molecular complexity index is 1110. The number of nitrogens with one attached hydrogen (secondary N) is 1. The number of aliphatic imine (C=N–C) groups is 1. The van der Waals surface area contributed by atoms with Crippen LogP contribution >= 0.6 is 10.6 Å². The number of carbonyl (C=O) groups is 1. The number of halogens is 2. The van der Waals surface area contributed by atoms with Gasteiger partial charge >= 0.3 is 0 Å². The average Bonchev–Trinajstić information content (AvgIpc) is 2.72. The summed E-state index contributed by atoms with van der Waals surface area (Å²) in [6, 6.07) is 5.17. The number of anilines is 1. The van der Waals surface area contributed by atoms with E-state index in [4.69, 9.17) is 10.5 Å². The first-order valence-corrected chi connectivity index (χ1v) is 11.2. The lowest BCUT2D eigenvalue weighted by Gasteiger charge is -2.55. The van der Waals surface area contributed by atoms with Gasteiger partial charge in [-0.15, -0.1) is 0 Å². The van der Waals surface area contributed by atoms with Crippen LogP contribution in [0.15, 0.2) is 35.5 Å². The van der Waals surface area contributed by atoms with Crippen LogP contribution < -0.4 is 15.8 Å². The van der Waals surface area contributed by atoms with Crippen LogP contribution in [0.4, 0.5) is 14.5 Å². The first-order chi connectivity index (χ1) is 14.8. The van der Waals surface area contributed by atoms with Crippen molar-refractivity contribution >= 4 is 28.0 Å². The normalized spacial score (nSPS) is 24.9. The van der Waals surface area contributed by atoms with Gasteiger partial charge in [-0.1, -0.05) is 0 Å². The second-order valence-corrected chi connectivity index (χ2v) is 10.9. The van der Waals surface area contributed by atoms with E-state index in [1.54, 1.807) is 13.0 Å². The molecule has 0 saturated carbocycles. The highest BCUT2D eigenvalue weighted by Crippen LogP contribution is 2.64. The highest BCUT2D eigenvalue weighted by molar-refractivity contribution is 8.26. The van der Waals surface area contributed by atoms with E-state index in [0.717, 1.165) is 6.07 Å². The first-order valence-electron chi connectivity index (χ1n) is 9.64. The molecule has 0 spiro atoms. The molecule has 2 atom stereocenters. The Balaban J connectivity index is 2.01. The number of aryl methyl sites for hydroxylation is 1. The third kappa shape index (κ3) is 3.70. The van der Waals surface area contributed by atoms with Gasteiger partial charge in [-0.2, -0.15) is 10.6 Å². The number of nitrogens with two attached hydrogens (primary N) is 1. The molecule has 1 aromatic carbocycles. The van der Waals surface area contributed by atoms with Crippen LogP contribution in [0.25, 0.3) is 0 Å². The highest BCUT2D eigenvalue weighted by Gasteiger charge is 2.57. The van der Waals surface area contributed by atoms with Gasteiger partial charge in [-0.3, -0.25) is 18.9 Å². The third-order valence-corrected chi connectivity index (χ3v) is 8.47. The van der Waals surface area contributed by atoms with Crippen LogP contribution in [0.5, 0.6) is 5.75 Å². The Labute approximate surface area is 186 Å². The van der Waals surface area contributed by atoms with E-state index in [1.165, 1.54) is 46.2 Å². The molecule has 0 fully saturated rings. The number of hydrogen-bond acceptors (Lipinski definition) is 7. The molecule has 5 N–H and O–H groups in total. The molecule has 1 aliphatic rings. The summed E-state index contributed by atoms with van der Waals surface area (Å²) in [5.41, 5.74) is 2.13. The number of methoxy groups -OCH3 is 1. The number of amides is 1. The largest absolute Gasteiger partial charge is 0.495 e. The molecule has 1 amide bonds. The van der Waals surface area contributed by atoms with Crippen LogP contribution in [0.2, 0.25) is 0 Å². The molecule has 1 unspecified atom stereocenters. The van der Waals surface area contributed by atoms with Crippen molar-refractivity contribution in [3.63, 3.8) is 0 Å². The maximum absolute atomic E-state index is 15.4. The second kappa shape index (κ2) is 7.98. The number of ether oxygens (including phenoxy) is 1. The number of pyridine rings is 1. The number of nitrogens with zero attached hydrogens (tertiary/aromatic N) is 2.